The molecule has 1 heterocycles. The predicted octanol–water partition coefficient (Wildman–Crippen LogP) is 2.27. The third-order valence-electron chi connectivity index (χ3n) is 4.57. The van der Waals surface area contributed by atoms with E-state index in [9.17, 15) is 0 Å². The lowest BCUT2D eigenvalue weighted by Crippen LogP contribution is -2.43. The molecule has 0 spiro atoms. The molecular formula is C15H30N2O. The lowest BCUT2D eigenvalue weighted by molar-refractivity contribution is -0.00229. The molecule has 0 aromatic carbocycles. The van der Waals surface area contributed by atoms with Gasteiger partial charge in [0.05, 0.1) is 6.10 Å². The molecule has 18 heavy (non-hydrogen) atoms. The van der Waals surface area contributed by atoms with Gasteiger partial charge in [-0.3, -0.25) is 0 Å². The Labute approximate surface area is 112 Å². The van der Waals surface area contributed by atoms with E-state index in [1.54, 1.807) is 0 Å². The van der Waals surface area contributed by atoms with Crippen LogP contribution in [0.5, 0.6) is 0 Å². The van der Waals surface area contributed by atoms with Gasteiger partial charge in [-0.1, -0.05) is 25.7 Å². The highest BCUT2D eigenvalue weighted by Gasteiger charge is 2.27. The molecule has 0 aromatic heterocycles. The summed E-state index contributed by atoms with van der Waals surface area (Å²) in [4.78, 5) is 2.60. The van der Waals surface area contributed by atoms with Crippen molar-refractivity contribution in [1.82, 2.24) is 10.2 Å². The number of unbranched alkanes of at least 4 members (excludes halogenated alkanes) is 3. The first-order valence-electron chi connectivity index (χ1n) is 7.84. The Morgan fingerprint density at radius 2 is 1.78 bits per heavy atom. The van der Waals surface area contributed by atoms with E-state index in [0.717, 1.165) is 5.92 Å². The maximum Gasteiger partial charge on any atom is 0.0576 e. The molecule has 106 valence electrons. The molecule has 3 nitrogen and oxygen atoms in total. The van der Waals surface area contributed by atoms with Gasteiger partial charge in [-0.05, 0) is 31.7 Å². The van der Waals surface area contributed by atoms with Gasteiger partial charge in [0, 0.05) is 33.3 Å². The quantitative estimate of drug-likeness (QED) is 0.673. The number of nitrogens with zero attached hydrogens (tertiary/aromatic N) is 1. The van der Waals surface area contributed by atoms with Crippen LogP contribution in [0.2, 0.25) is 0 Å². The fourth-order valence-electron chi connectivity index (χ4n) is 3.16. The Morgan fingerprint density at radius 1 is 1.06 bits per heavy atom. The first kappa shape index (κ1) is 14.3. The van der Waals surface area contributed by atoms with E-state index in [2.05, 4.69) is 10.2 Å². The number of rotatable bonds is 8. The lowest BCUT2D eigenvalue weighted by atomic mass is 9.79. The molecule has 1 aliphatic heterocycles. The van der Waals surface area contributed by atoms with Gasteiger partial charge in [-0.2, -0.15) is 0 Å². The minimum absolute atomic E-state index is 0.586. The van der Waals surface area contributed by atoms with Crippen LogP contribution in [-0.4, -0.2) is 50.8 Å². The molecular weight excluding hydrogens is 224 g/mol. The summed E-state index contributed by atoms with van der Waals surface area (Å²) in [6, 6.07) is 0. The average molecular weight is 254 g/mol. The van der Waals surface area contributed by atoms with Gasteiger partial charge < -0.3 is 15.0 Å². The van der Waals surface area contributed by atoms with E-state index in [-0.39, 0.29) is 0 Å². The third-order valence-corrected chi connectivity index (χ3v) is 4.57. The highest BCUT2D eigenvalue weighted by molar-refractivity contribution is 4.79. The number of ether oxygens (including phenoxy) is 1. The Kier molecular flexibility index (Phi) is 6.46. The topological polar surface area (TPSA) is 24.5 Å². The Bertz CT molecular complexity index is 211. The summed E-state index contributed by atoms with van der Waals surface area (Å²) in [5, 5.41) is 3.41. The molecule has 3 heteroatoms. The van der Waals surface area contributed by atoms with Crippen molar-refractivity contribution in [3.8, 4) is 0 Å². The van der Waals surface area contributed by atoms with Crippen LogP contribution in [0.1, 0.15) is 44.9 Å². The van der Waals surface area contributed by atoms with Crippen LogP contribution in [0.25, 0.3) is 0 Å². The molecule has 0 bridgehead atoms. The van der Waals surface area contributed by atoms with Crippen molar-refractivity contribution in [3.05, 3.63) is 0 Å². The minimum Gasteiger partial charge on any atom is -0.381 e. The summed E-state index contributed by atoms with van der Waals surface area (Å²) in [6.45, 7) is 6.18. The largest absolute Gasteiger partial charge is 0.381 e. The number of hydrogen-bond donors (Lipinski definition) is 1. The smallest absolute Gasteiger partial charge is 0.0576 e. The third kappa shape index (κ3) is 4.87. The van der Waals surface area contributed by atoms with Crippen molar-refractivity contribution < 1.29 is 4.74 Å². The van der Waals surface area contributed by atoms with Gasteiger partial charge in [0.15, 0.2) is 0 Å². The average Bonchev–Trinajstić information content (AvgIpc) is 2.37. The zero-order valence-corrected chi connectivity index (χ0v) is 12.0. The van der Waals surface area contributed by atoms with Crippen molar-refractivity contribution >= 4 is 0 Å². The van der Waals surface area contributed by atoms with Gasteiger partial charge >= 0.3 is 0 Å². The van der Waals surface area contributed by atoms with Gasteiger partial charge in [-0.25, -0.2) is 0 Å². The lowest BCUT2D eigenvalue weighted by Gasteiger charge is -2.34. The molecule has 1 saturated carbocycles. The first-order valence-corrected chi connectivity index (χ1v) is 7.84. The molecule has 2 rings (SSSR count). The Balaban J connectivity index is 1.36. The number of hydrogen-bond acceptors (Lipinski definition) is 3. The normalized spacial score (nSPS) is 29.2. The summed E-state index contributed by atoms with van der Waals surface area (Å²) in [5.41, 5.74) is 0. The second-order valence-corrected chi connectivity index (χ2v) is 5.99. The summed E-state index contributed by atoms with van der Waals surface area (Å²) in [7, 11) is 1.84. The van der Waals surface area contributed by atoms with Crippen LogP contribution in [0, 0.1) is 5.92 Å². The van der Waals surface area contributed by atoms with E-state index in [0.29, 0.717) is 6.10 Å². The predicted molar refractivity (Wildman–Crippen MR) is 75.9 cm³/mol. The highest BCUT2D eigenvalue weighted by Crippen LogP contribution is 2.33. The Hall–Kier alpha value is -0.120. The first-order chi connectivity index (χ1) is 8.88. The van der Waals surface area contributed by atoms with Gasteiger partial charge in [0.25, 0.3) is 0 Å². The molecule has 1 saturated heterocycles. The summed E-state index contributed by atoms with van der Waals surface area (Å²) in [6.07, 6.45) is 10.3. The zero-order chi connectivity index (χ0) is 12.6. The molecule has 0 radical (unpaired) electrons. The van der Waals surface area contributed by atoms with E-state index in [4.69, 9.17) is 4.74 Å². The number of piperazine rings is 1. The molecule has 1 N–H and O–H groups in total. The molecule has 0 atom stereocenters. The molecule has 2 aliphatic rings. The summed E-state index contributed by atoms with van der Waals surface area (Å²) < 4.78 is 5.32. The van der Waals surface area contributed by atoms with Gasteiger partial charge in [0.2, 0.25) is 0 Å². The summed E-state index contributed by atoms with van der Waals surface area (Å²) in [5.74, 6) is 0.975. The Morgan fingerprint density at radius 3 is 2.50 bits per heavy atom. The van der Waals surface area contributed by atoms with E-state index >= 15 is 0 Å². The maximum atomic E-state index is 5.32. The standard InChI is InChI=1S/C15H30N2O/c1-18-15-12-14(13-15)6-4-2-3-5-9-17-10-7-16-8-11-17/h14-16H,2-13H2,1H3. The maximum absolute atomic E-state index is 5.32. The van der Waals surface area contributed by atoms with Crippen LogP contribution in [0.4, 0.5) is 0 Å². The van der Waals surface area contributed by atoms with E-state index < -0.39 is 0 Å². The highest BCUT2D eigenvalue weighted by atomic mass is 16.5. The van der Waals surface area contributed by atoms with Gasteiger partial charge in [-0.15, -0.1) is 0 Å². The zero-order valence-electron chi connectivity index (χ0n) is 12.0. The number of nitrogens with one attached hydrogen (secondary N) is 1. The molecule has 2 fully saturated rings. The van der Waals surface area contributed by atoms with Crippen molar-refractivity contribution in [2.75, 3.05) is 39.8 Å². The van der Waals surface area contributed by atoms with Crippen LogP contribution in [-0.2, 0) is 4.74 Å². The van der Waals surface area contributed by atoms with Crippen molar-refractivity contribution in [3.63, 3.8) is 0 Å². The van der Waals surface area contributed by atoms with Crippen molar-refractivity contribution in [1.29, 1.82) is 0 Å². The fourth-order valence-corrected chi connectivity index (χ4v) is 3.16. The molecule has 1 aliphatic carbocycles. The second-order valence-electron chi connectivity index (χ2n) is 5.99. The summed E-state index contributed by atoms with van der Waals surface area (Å²) >= 11 is 0. The minimum atomic E-state index is 0.586. The van der Waals surface area contributed by atoms with Crippen molar-refractivity contribution in [2.45, 2.75) is 51.0 Å². The van der Waals surface area contributed by atoms with Crippen molar-refractivity contribution in [2.24, 2.45) is 5.92 Å². The van der Waals surface area contributed by atoms with Crippen LogP contribution in [0.3, 0.4) is 0 Å². The SMILES string of the molecule is COC1CC(CCCCCCN2CCNCC2)C1. The van der Waals surface area contributed by atoms with Crippen LogP contribution >= 0.6 is 0 Å². The molecule has 0 amide bonds. The number of methoxy groups -OCH3 is 1. The molecule has 0 aromatic rings. The van der Waals surface area contributed by atoms with Gasteiger partial charge in [0.1, 0.15) is 0 Å². The van der Waals surface area contributed by atoms with Crippen LogP contribution in [0.15, 0.2) is 0 Å². The second kappa shape index (κ2) is 8.13. The fraction of sp³-hybridized carbons (Fsp3) is 1.00. The van der Waals surface area contributed by atoms with E-state index in [1.165, 1.54) is 77.7 Å². The monoisotopic (exact) mass is 254 g/mol. The van der Waals surface area contributed by atoms with Crippen LogP contribution < -0.4 is 5.32 Å². The van der Waals surface area contributed by atoms with E-state index in [1.807, 2.05) is 7.11 Å². The molecule has 0 unspecified atom stereocenters.